The average Bonchev–Trinajstić information content (AvgIpc) is 2.77. The Labute approximate surface area is 126 Å². The van der Waals surface area contributed by atoms with Crippen LogP contribution in [0.25, 0.3) is 0 Å². The molecule has 118 valence electrons. The predicted molar refractivity (Wildman–Crippen MR) is 88.2 cm³/mol. The molecule has 0 aromatic heterocycles. The minimum atomic E-state index is 0.571. The van der Waals surface area contributed by atoms with Crippen LogP contribution in [0.4, 0.5) is 0 Å². The maximum Gasteiger partial charge on any atom is 0.00928 e. The molecule has 2 fully saturated rings. The van der Waals surface area contributed by atoms with E-state index in [1.807, 2.05) is 0 Å². The van der Waals surface area contributed by atoms with Crippen molar-refractivity contribution in [3.63, 3.8) is 0 Å². The summed E-state index contributed by atoms with van der Waals surface area (Å²) in [7, 11) is 0. The lowest BCUT2D eigenvalue weighted by Gasteiger charge is -2.39. The molecule has 2 aliphatic rings. The van der Waals surface area contributed by atoms with Gasteiger partial charge >= 0.3 is 0 Å². The van der Waals surface area contributed by atoms with Crippen molar-refractivity contribution in [3.8, 4) is 0 Å². The van der Waals surface area contributed by atoms with Gasteiger partial charge in [-0.15, -0.1) is 0 Å². The normalized spacial score (nSPS) is 27.9. The maximum atomic E-state index is 3.74. The van der Waals surface area contributed by atoms with Crippen molar-refractivity contribution < 1.29 is 0 Å². The first kappa shape index (κ1) is 16.3. The second kappa shape index (κ2) is 7.79. The third-order valence-corrected chi connectivity index (χ3v) is 5.56. The van der Waals surface area contributed by atoms with Gasteiger partial charge in [-0.3, -0.25) is 4.90 Å². The lowest BCUT2D eigenvalue weighted by molar-refractivity contribution is 0.106. The Morgan fingerprint density at radius 1 is 1.10 bits per heavy atom. The van der Waals surface area contributed by atoms with Gasteiger partial charge in [-0.1, -0.05) is 46.5 Å². The zero-order valence-electron chi connectivity index (χ0n) is 14.1. The molecule has 1 unspecified atom stereocenters. The molecule has 1 atom stereocenters. The SMILES string of the molecule is CCC1CCCCCN1CC1(CNC(C)C)CCCC1. The number of likely N-dealkylation sites (tertiary alicyclic amines) is 1. The lowest BCUT2D eigenvalue weighted by Crippen LogP contribution is -2.47. The summed E-state index contributed by atoms with van der Waals surface area (Å²) in [6, 6.07) is 1.48. The van der Waals surface area contributed by atoms with Crippen LogP contribution in [0.15, 0.2) is 0 Å². The maximum absolute atomic E-state index is 3.74. The van der Waals surface area contributed by atoms with E-state index >= 15 is 0 Å². The van der Waals surface area contributed by atoms with Crippen molar-refractivity contribution in [2.24, 2.45) is 5.41 Å². The number of nitrogens with one attached hydrogen (secondary N) is 1. The number of nitrogens with zero attached hydrogens (tertiary/aromatic N) is 1. The summed E-state index contributed by atoms with van der Waals surface area (Å²) in [5.41, 5.74) is 0.571. The first-order valence-corrected chi connectivity index (χ1v) is 9.13. The molecule has 1 heterocycles. The standard InChI is InChI=1S/C18H36N2/c1-4-17-10-6-5-9-13-20(17)15-18(11-7-8-12-18)14-19-16(2)3/h16-17,19H,4-15H2,1-3H3. The quantitative estimate of drug-likeness (QED) is 0.784. The van der Waals surface area contributed by atoms with Crippen LogP contribution in [-0.2, 0) is 0 Å². The molecule has 2 nitrogen and oxygen atoms in total. The molecule has 1 aliphatic heterocycles. The number of rotatable bonds is 6. The third kappa shape index (κ3) is 4.46. The van der Waals surface area contributed by atoms with Crippen LogP contribution < -0.4 is 5.32 Å². The average molecular weight is 281 g/mol. The summed E-state index contributed by atoms with van der Waals surface area (Å²) in [6.07, 6.45) is 12.9. The molecule has 0 radical (unpaired) electrons. The number of hydrogen-bond donors (Lipinski definition) is 1. The molecule has 1 aliphatic carbocycles. The summed E-state index contributed by atoms with van der Waals surface area (Å²) in [6.45, 7) is 10.9. The van der Waals surface area contributed by atoms with Crippen LogP contribution >= 0.6 is 0 Å². The van der Waals surface area contributed by atoms with Gasteiger partial charge in [0.1, 0.15) is 0 Å². The fourth-order valence-corrected chi connectivity index (χ4v) is 4.27. The highest BCUT2D eigenvalue weighted by Crippen LogP contribution is 2.39. The molecule has 0 bridgehead atoms. The molecular weight excluding hydrogens is 244 g/mol. The van der Waals surface area contributed by atoms with E-state index in [-0.39, 0.29) is 0 Å². The molecule has 0 amide bonds. The van der Waals surface area contributed by atoms with E-state index < -0.39 is 0 Å². The zero-order valence-corrected chi connectivity index (χ0v) is 14.1. The molecule has 1 saturated carbocycles. The van der Waals surface area contributed by atoms with Crippen molar-refractivity contribution in [1.82, 2.24) is 10.2 Å². The molecule has 1 N–H and O–H groups in total. The van der Waals surface area contributed by atoms with Crippen LogP contribution in [0.2, 0.25) is 0 Å². The minimum Gasteiger partial charge on any atom is -0.314 e. The van der Waals surface area contributed by atoms with E-state index in [0.717, 1.165) is 6.04 Å². The first-order valence-electron chi connectivity index (χ1n) is 9.13. The fraction of sp³-hybridized carbons (Fsp3) is 1.00. The second-order valence-corrected chi connectivity index (χ2v) is 7.62. The van der Waals surface area contributed by atoms with Gasteiger partial charge in [0.25, 0.3) is 0 Å². The Kier molecular flexibility index (Phi) is 6.35. The highest BCUT2D eigenvalue weighted by molar-refractivity contribution is 4.91. The molecule has 0 spiro atoms. The summed E-state index contributed by atoms with van der Waals surface area (Å²) >= 11 is 0. The molecule has 1 saturated heterocycles. The van der Waals surface area contributed by atoms with Crippen LogP contribution in [0.5, 0.6) is 0 Å². The van der Waals surface area contributed by atoms with E-state index in [9.17, 15) is 0 Å². The second-order valence-electron chi connectivity index (χ2n) is 7.62. The lowest BCUT2D eigenvalue weighted by atomic mass is 9.84. The summed E-state index contributed by atoms with van der Waals surface area (Å²) in [5.74, 6) is 0. The van der Waals surface area contributed by atoms with Gasteiger partial charge in [-0.05, 0) is 44.1 Å². The van der Waals surface area contributed by atoms with Gasteiger partial charge in [0.05, 0.1) is 0 Å². The Morgan fingerprint density at radius 3 is 2.50 bits per heavy atom. The van der Waals surface area contributed by atoms with Crippen molar-refractivity contribution in [1.29, 1.82) is 0 Å². The van der Waals surface area contributed by atoms with Crippen molar-refractivity contribution >= 4 is 0 Å². The smallest absolute Gasteiger partial charge is 0.00928 e. The third-order valence-electron chi connectivity index (χ3n) is 5.56. The Balaban J connectivity index is 1.98. The Bertz CT molecular complexity index is 269. The van der Waals surface area contributed by atoms with Gasteiger partial charge in [0, 0.05) is 25.2 Å². The van der Waals surface area contributed by atoms with Crippen molar-refractivity contribution in [3.05, 3.63) is 0 Å². The topological polar surface area (TPSA) is 15.3 Å². The molecule has 20 heavy (non-hydrogen) atoms. The van der Waals surface area contributed by atoms with E-state index in [4.69, 9.17) is 0 Å². The van der Waals surface area contributed by atoms with Gasteiger partial charge in [-0.2, -0.15) is 0 Å². The largest absolute Gasteiger partial charge is 0.314 e. The molecule has 0 aromatic rings. The fourth-order valence-electron chi connectivity index (χ4n) is 4.27. The van der Waals surface area contributed by atoms with Gasteiger partial charge in [-0.25, -0.2) is 0 Å². The highest BCUT2D eigenvalue weighted by atomic mass is 15.2. The molecule has 2 rings (SSSR count). The van der Waals surface area contributed by atoms with Crippen LogP contribution in [0, 0.1) is 5.41 Å². The van der Waals surface area contributed by atoms with E-state index in [2.05, 4.69) is 31.0 Å². The Morgan fingerprint density at radius 2 is 1.85 bits per heavy atom. The van der Waals surface area contributed by atoms with Gasteiger partial charge < -0.3 is 5.32 Å². The summed E-state index contributed by atoms with van der Waals surface area (Å²) in [4.78, 5) is 2.86. The van der Waals surface area contributed by atoms with Gasteiger partial charge in [0.2, 0.25) is 0 Å². The Hall–Kier alpha value is -0.0800. The van der Waals surface area contributed by atoms with Crippen LogP contribution in [0.3, 0.4) is 0 Å². The van der Waals surface area contributed by atoms with E-state index in [1.165, 1.54) is 77.4 Å². The van der Waals surface area contributed by atoms with Crippen molar-refractivity contribution in [2.75, 3.05) is 19.6 Å². The molecule has 2 heteroatoms. The first-order chi connectivity index (χ1) is 9.65. The molecule has 0 aromatic carbocycles. The summed E-state index contributed by atoms with van der Waals surface area (Å²) < 4.78 is 0. The predicted octanol–water partition coefficient (Wildman–Crippen LogP) is 4.20. The minimum absolute atomic E-state index is 0.571. The molecular formula is C18H36N2. The highest BCUT2D eigenvalue weighted by Gasteiger charge is 2.36. The number of hydrogen-bond acceptors (Lipinski definition) is 2. The monoisotopic (exact) mass is 280 g/mol. The van der Waals surface area contributed by atoms with Crippen LogP contribution in [-0.4, -0.2) is 36.6 Å². The van der Waals surface area contributed by atoms with E-state index in [1.54, 1.807) is 0 Å². The van der Waals surface area contributed by atoms with Crippen molar-refractivity contribution in [2.45, 2.75) is 90.6 Å². The zero-order chi connectivity index (χ0) is 14.4. The van der Waals surface area contributed by atoms with E-state index in [0.29, 0.717) is 11.5 Å². The van der Waals surface area contributed by atoms with Crippen LogP contribution in [0.1, 0.15) is 78.6 Å². The summed E-state index contributed by atoms with van der Waals surface area (Å²) in [5, 5.41) is 3.74. The van der Waals surface area contributed by atoms with Gasteiger partial charge in [0.15, 0.2) is 0 Å².